The van der Waals surface area contributed by atoms with E-state index in [1.54, 1.807) is 23.0 Å². The molecule has 0 unspecified atom stereocenters. The first kappa shape index (κ1) is 44.0. The van der Waals surface area contributed by atoms with Crippen LogP contribution in [0.2, 0.25) is 0 Å². The summed E-state index contributed by atoms with van der Waals surface area (Å²) in [4.78, 5) is 9.48. The first-order valence-corrected chi connectivity index (χ1v) is 22.9. The van der Waals surface area contributed by atoms with E-state index in [9.17, 15) is 18.4 Å². The van der Waals surface area contributed by atoms with Crippen LogP contribution in [0, 0.1) is 11.3 Å². The van der Waals surface area contributed by atoms with Gasteiger partial charge in [0, 0.05) is 61.8 Å². The van der Waals surface area contributed by atoms with Crippen molar-refractivity contribution in [3.63, 3.8) is 0 Å². The van der Waals surface area contributed by atoms with Crippen molar-refractivity contribution in [2.75, 3.05) is 0 Å². The molecule has 4 aromatic heterocycles. The van der Waals surface area contributed by atoms with Crippen molar-refractivity contribution >= 4 is 43.6 Å². The first-order valence-electron chi connectivity index (χ1n) is 22.9. The largest absolute Gasteiger partial charge is 0.417 e. The molecule has 0 aliphatic carbocycles. The van der Waals surface area contributed by atoms with Gasteiger partial charge in [0.05, 0.1) is 61.5 Å². The second-order valence-corrected chi connectivity index (χ2v) is 17.5. The Labute approximate surface area is 407 Å². The quantitative estimate of drug-likeness (QED) is 0.150. The molecule has 72 heavy (non-hydrogen) atoms. The average Bonchev–Trinajstić information content (AvgIpc) is 3.92. The fourth-order valence-corrected chi connectivity index (χ4v) is 10.2. The van der Waals surface area contributed by atoms with Crippen LogP contribution in [0.5, 0.6) is 0 Å². The molecule has 8 aromatic carbocycles. The molecule has 12 aromatic rings. The van der Waals surface area contributed by atoms with E-state index in [1.165, 1.54) is 12.1 Å². The highest BCUT2D eigenvalue weighted by atomic mass is 19.4. The normalized spacial score (nSPS) is 12.0. The third-order valence-electron chi connectivity index (χ3n) is 13.3. The Balaban J connectivity index is 1.19. The molecule has 0 amide bonds. The van der Waals surface area contributed by atoms with Gasteiger partial charge in [0.25, 0.3) is 0 Å². The van der Waals surface area contributed by atoms with Crippen molar-refractivity contribution in [3.8, 4) is 73.3 Å². The van der Waals surface area contributed by atoms with Crippen LogP contribution in [0.3, 0.4) is 0 Å². The molecular formula is C61H35F6N5. The van der Waals surface area contributed by atoms with Crippen LogP contribution in [0.4, 0.5) is 26.3 Å². The SMILES string of the molecule is N#Cc1cc(-n2c3ccccc3c3ccc(-c4cccnc4-c4ccccc4)cc32)c(-c2cc(C(F)(F)F)ccc2C(F)(F)F)cc1-n1c2ccccc2c2ccc(-c3cccnc3-c3ccccc3)cc21. The maximum atomic E-state index is 15.5. The molecule has 0 aliphatic heterocycles. The predicted molar refractivity (Wildman–Crippen MR) is 273 cm³/mol. The number of hydrogen-bond acceptors (Lipinski definition) is 3. The Bertz CT molecular complexity index is 4150. The van der Waals surface area contributed by atoms with Gasteiger partial charge in [-0.15, -0.1) is 0 Å². The summed E-state index contributed by atoms with van der Waals surface area (Å²) in [5.74, 6) is 0. The smallest absolute Gasteiger partial charge is 0.309 e. The number of rotatable bonds is 7. The van der Waals surface area contributed by atoms with Crippen molar-refractivity contribution in [3.05, 3.63) is 229 Å². The molecule has 0 saturated carbocycles. The zero-order valence-electron chi connectivity index (χ0n) is 37.7. The van der Waals surface area contributed by atoms with Crippen molar-refractivity contribution in [1.82, 2.24) is 19.1 Å². The lowest BCUT2D eigenvalue weighted by molar-refractivity contribution is -0.141. The molecule has 11 heteroatoms. The second kappa shape index (κ2) is 17.0. The van der Waals surface area contributed by atoms with Crippen molar-refractivity contribution in [1.29, 1.82) is 5.26 Å². The minimum atomic E-state index is -5.09. The lowest BCUT2D eigenvalue weighted by atomic mass is 9.93. The van der Waals surface area contributed by atoms with Gasteiger partial charge in [-0.05, 0) is 83.4 Å². The van der Waals surface area contributed by atoms with Crippen LogP contribution < -0.4 is 0 Å². The van der Waals surface area contributed by atoms with Crippen LogP contribution in [0.1, 0.15) is 16.7 Å². The van der Waals surface area contributed by atoms with Crippen LogP contribution in [-0.2, 0) is 12.4 Å². The fraction of sp³-hybridized carbons (Fsp3) is 0.0328. The first-order chi connectivity index (χ1) is 35.0. The predicted octanol–water partition coefficient (Wildman–Crippen LogP) is 16.9. The number of alkyl halides is 6. The summed E-state index contributed by atoms with van der Waals surface area (Å²) in [6, 6.07) is 60.2. The van der Waals surface area contributed by atoms with Crippen LogP contribution in [0.25, 0.3) is 111 Å². The third kappa shape index (κ3) is 7.35. The van der Waals surface area contributed by atoms with Crippen LogP contribution >= 0.6 is 0 Å². The number of para-hydroxylation sites is 2. The Morgan fingerprint density at radius 3 is 1.36 bits per heavy atom. The van der Waals surface area contributed by atoms with Crippen molar-refractivity contribution in [2.45, 2.75) is 12.4 Å². The van der Waals surface area contributed by atoms with E-state index in [1.807, 2.05) is 168 Å². The van der Waals surface area contributed by atoms with Gasteiger partial charge in [-0.2, -0.15) is 31.6 Å². The highest BCUT2D eigenvalue weighted by Gasteiger charge is 2.38. The van der Waals surface area contributed by atoms with Gasteiger partial charge in [0.2, 0.25) is 0 Å². The molecule has 0 spiro atoms. The number of nitriles is 1. The zero-order chi connectivity index (χ0) is 49.3. The van der Waals surface area contributed by atoms with Gasteiger partial charge in [-0.3, -0.25) is 9.97 Å². The molecule has 0 aliphatic rings. The minimum Gasteiger partial charge on any atom is -0.309 e. The van der Waals surface area contributed by atoms with Crippen molar-refractivity contribution < 1.29 is 26.3 Å². The molecule has 0 bridgehead atoms. The van der Waals surface area contributed by atoms with Gasteiger partial charge < -0.3 is 9.13 Å². The number of pyridine rings is 2. The number of halogens is 6. The molecule has 12 rings (SSSR count). The molecule has 4 heterocycles. The van der Waals surface area contributed by atoms with E-state index in [2.05, 4.69) is 6.07 Å². The van der Waals surface area contributed by atoms with E-state index >= 15 is 13.2 Å². The Morgan fingerprint density at radius 2 is 0.861 bits per heavy atom. The van der Waals surface area contributed by atoms with E-state index < -0.39 is 29.0 Å². The average molecular weight is 952 g/mol. The third-order valence-corrected chi connectivity index (χ3v) is 13.3. The highest BCUT2D eigenvalue weighted by molar-refractivity contribution is 6.12. The summed E-state index contributed by atoms with van der Waals surface area (Å²) in [5, 5.41) is 14.4. The summed E-state index contributed by atoms with van der Waals surface area (Å²) in [7, 11) is 0. The molecule has 0 N–H and O–H groups in total. The maximum Gasteiger partial charge on any atom is 0.417 e. The molecular weight excluding hydrogens is 917 g/mol. The fourth-order valence-electron chi connectivity index (χ4n) is 10.2. The summed E-state index contributed by atoms with van der Waals surface area (Å²) >= 11 is 0. The lowest BCUT2D eigenvalue weighted by Crippen LogP contribution is -2.12. The maximum absolute atomic E-state index is 15.5. The Hall–Kier alpha value is -9.27. The van der Waals surface area contributed by atoms with Crippen molar-refractivity contribution in [2.24, 2.45) is 0 Å². The molecule has 0 atom stereocenters. The minimum absolute atomic E-state index is 0.0643. The number of aromatic nitrogens is 4. The summed E-state index contributed by atoms with van der Waals surface area (Å²) in [6.45, 7) is 0. The van der Waals surface area contributed by atoms with Gasteiger partial charge in [-0.1, -0.05) is 133 Å². The molecule has 0 radical (unpaired) electrons. The molecule has 346 valence electrons. The van der Waals surface area contributed by atoms with E-state index in [0.29, 0.717) is 46.0 Å². The van der Waals surface area contributed by atoms with E-state index in [0.717, 1.165) is 60.6 Å². The summed E-state index contributed by atoms with van der Waals surface area (Å²) < 4.78 is 94.5. The van der Waals surface area contributed by atoms with Crippen LogP contribution in [0.15, 0.2) is 213 Å². The Kier molecular flexibility index (Phi) is 10.4. The summed E-state index contributed by atoms with van der Waals surface area (Å²) in [6.07, 6.45) is -6.67. The number of hydrogen-bond donors (Lipinski definition) is 0. The van der Waals surface area contributed by atoms with Gasteiger partial charge in [-0.25, -0.2) is 0 Å². The van der Waals surface area contributed by atoms with Gasteiger partial charge in [0.1, 0.15) is 6.07 Å². The number of nitrogens with zero attached hydrogens (tertiary/aromatic N) is 5. The monoisotopic (exact) mass is 951 g/mol. The Morgan fingerprint density at radius 1 is 0.375 bits per heavy atom. The molecule has 0 saturated heterocycles. The zero-order valence-corrected chi connectivity index (χ0v) is 37.7. The number of benzene rings is 8. The van der Waals surface area contributed by atoms with Crippen LogP contribution in [-0.4, -0.2) is 19.1 Å². The van der Waals surface area contributed by atoms with Gasteiger partial charge >= 0.3 is 12.4 Å². The lowest BCUT2D eigenvalue weighted by Gasteiger charge is -2.22. The topological polar surface area (TPSA) is 59.4 Å². The van der Waals surface area contributed by atoms with E-state index in [-0.39, 0.29) is 22.5 Å². The standard InChI is InChI=1S/C61H35F6N5/c62-60(63,64)42-25-28-51(61(65,66)67)49(34-42)50-35-54(71-52-21-9-7-17-45(52)47-26-23-39(31-55(47)71)43-19-11-29-69-58(43)37-13-3-1-4-14-37)41(36-68)33-57(50)72-53-22-10-8-18-46(53)48-27-24-40(32-56(48)72)44-20-12-30-70-59(44)38-15-5-2-6-16-38/h1-35H. The highest BCUT2D eigenvalue weighted by Crippen LogP contribution is 2.47. The number of fused-ring (bicyclic) bond motifs is 6. The molecule has 5 nitrogen and oxygen atoms in total. The molecule has 0 fully saturated rings. The van der Waals surface area contributed by atoms with E-state index in [4.69, 9.17) is 9.97 Å². The summed E-state index contributed by atoms with van der Waals surface area (Å²) in [5.41, 5.74) is 5.50. The van der Waals surface area contributed by atoms with Gasteiger partial charge in [0.15, 0.2) is 0 Å². The second-order valence-electron chi connectivity index (χ2n) is 17.5.